The Kier molecular flexibility index (Phi) is 4.01. The van der Waals surface area contributed by atoms with Gasteiger partial charge in [-0.1, -0.05) is 19.2 Å². The Labute approximate surface area is 56.6 Å². The van der Waals surface area contributed by atoms with Crippen LogP contribution in [0.2, 0.25) is 0 Å². The number of rotatable bonds is 4. The van der Waals surface area contributed by atoms with Crippen LogP contribution < -0.4 is 10.6 Å². The van der Waals surface area contributed by atoms with Gasteiger partial charge in [0.25, 0.3) is 0 Å². The fourth-order valence-electron chi connectivity index (χ4n) is 0.633. The molecule has 0 radical (unpaired) electrons. The maximum absolute atomic E-state index is 3.77. The molecule has 0 spiro atoms. The highest BCUT2D eigenvalue weighted by atomic mass is 15.1. The largest absolute Gasteiger partial charge is 0.301 e. The predicted molar refractivity (Wildman–Crippen MR) is 41.2 cm³/mol. The second kappa shape index (κ2) is 4.30. The lowest BCUT2D eigenvalue weighted by Gasteiger charge is -2.14. The molecule has 0 fully saturated rings. The number of likely N-dealkylation sites (N-methyl/N-ethyl adjacent to an activating group) is 2. The molecular weight excluding hydrogens is 112 g/mol. The first-order chi connectivity index (χ1) is 4.26. The zero-order valence-electron chi connectivity index (χ0n) is 6.07. The van der Waals surface area contributed by atoms with Gasteiger partial charge in [-0.3, -0.25) is 0 Å². The standard InChI is InChI=1S/C7H14N2/c1-5-6(2)7(8-3)9-4/h5,7-9H,1-2H2,3-4H3. The first kappa shape index (κ1) is 8.40. The number of nitrogens with one attached hydrogen (secondary N) is 2. The molecule has 0 aliphatic carbocycles. The highest BCUT2D eigenvalue weighted by Gasteiger charge is 2.00. The Balaban J connectivity index is 3.78. The molecule has 52 valence electrons. The molecule has 0 aliphatic rings. The molecule has 0 aromatic heterocycles. The van der Waals surface area contributed by atoms with Gasteiger partial charge >= 0.3 is 0 Å². The van der Waals surface area contributed by atoms with Crippen molar-refractivity contribution >= 4 is 0 Å². The van der Waals surface area contributed by atoms with Gasteiger partial charge in [0.05, 0.1) is 6.17 Å². The lowest BCUT2D eigenvalue weighted by Crippen LogP contribution is -2.38. The first-order valence-corrected chi connectivity index (χ1v) is 2.92. The van der Waals surface area contributed by atoms with Crippen molar-refractivity contribution < 1.29 is 0 Å². The lowest BCUT2D eigenvalue weighted by atomic mass is 10.2. The maximum Gasteiger partial charge on any atom is 0.0824 e. The van der Waals surface area contributed by atoms with Crippen molar-refractivity contribution in [1.82, 2.24) is 10.6 Å². The maximum atomic E-state index is 3.77. The fraction of sp³-hybridized carbons (Fsp3) is 0.429. The highest BCUT2D eigenvalue weighted by molar-refractivity contribution is 5.17. The summed E-state index contributed by atoms with van der Waals surface area (Å²) >= 11 is 0. The summed E-state index contributed by atoms with van der Waals surface area (Å²) in [6.07, 6.45) is 1.89. The van der Waals surface area contributed by atoms with Gasteiger partial charge in [0, 0.05) is 0 Å². The molecule has 0 atom stereocenters. The topological polar surface area (TPSA) is 24.1 Å². The summed E-state index contributed by atoms with van der Waals surface area (Å²) in [4.78, 5) is 0. The van der Waals surface area contributed by atoms with Gasteiger partial charge in [0.2, 0.25) is 0 Å². The second-order valence-electron chi connectivity index (χ2n) is 1.79. The molecule has 0 saturated heterocycles. The molecule has 0 aromatic rings. The van der Waals surface area contributed by atoms with Gasteiger partial charge in [-0.05, 0) is 19.7 Å². The molecule has 0 unspecified atom stereocenters. The molecule has 0 heterocycles. The van der Waals surface area contributed by atoms with E-state index in [0.717, 1.165) is 5.57 Å². The normalized spacial score (nSPS) is 9.67. The molecule has 0 saturated carbocycles. The summed E-state index contributed by atoms with van der Waals surface area (Å²) < 4.78 is 0. The highest BCUT2D eigenvalue weighted by Crippen LogP contribution is 1.93. The Bertz CT molecular complexity index is 103. The quantitative estimate of drug-likeness (QED) is 0.423. The van der Waals surface area contributed by atoms with Crippen LogP contribution in [-0.4, -0.2) is 20.3 Å². The van der Waals surface area contributed by atoms with Crippen LogP contribution in [0.25, 0.3) is 0 Å². The summed E-state index contributed by atoms with van der Waals surface area (Å²) in [6, 6.07) is 0. The summed E-state index contributed by atoms with van der Waals surface area (Å²) in [6.45, 7) is 7.37. The van der Waals surface area contributed by atoms with Crippen molar-refractivity contribution in [3.8, 4) is 0 Å². The lowest BCUT2D eigenvalue weighted by molar-refractivity contribution is 0.571. The van der Waals surface area contributed by atoms with E-state index in [2.05, 4.69) is 23.8 Å². The van der Waals surface area contributed by atoms with Crippen molar-refractivity contribution in [3.05, 3.63) is 24.8 Å². The average molecular weight is 126 g/mol. The Hall–Kier alpha value is -0.600. The average Bonchev–Trinajstić information content (AvgIpc) is 1.90. The van der Waals surface area contributed by atoms with Gasteiger partial charge in [-0.15, -0.1) is 0 Å². The van der Waals surface area contributed by atoms with Crippen LogP contribution in [0, 0.1) is 0 Å². The minimum absolute atomic E-state index is 0.155. The van der Waals surface area contributed by atoms with Crippen molar-refractivity contribution in [3.63, 3.8) is 0 Å². The third-order valence-electron chi connectivity index (χ3n) is 1.21. The molecule has 0 rings (SSSR count). The molecule has 0 bridgehead atoms. The van der Waals surface area contributed by atoms with Crippen molar-refractivity contribution in [2.75, 3.05) is 14.1 Å². The van der Waals surface area contributed by atoms with Gasteiger partial charge in [-0.25, -0.2) is 0 Å². The van der Waals surface area contributed by atoms with Crippen LogP contribution in [0.15, 0.2) is 24.8 Å². The summed E-state index contributed by atoms with van der Waals surface area (Å²) in [5.41, 5.74) is 0.958. The Morgan fingerprint density at radius 3 is 2.00 bits per heavy atom. The summed E-state index contributed by atoms with van der Waals surface area (Å²) in [5, 5.41) is 6.04. The SMILES string of the molecule is C=CC(=C)C(NC)NC. The molecule has 0 aliphatic heterocycles. The summed E-state index contributed by atoms with van der Waals surface area (Å²) in [5.74, 6) is 0. The van der Waals surface area contributed by atoms with Crippen molar-refractivity contribution in [2.45, 2.75) is 6.17 Å². The van der Waals surface area contributed by atoms with Gasteiger partial charge in [0.15, 0.2) is 0 Å². The van der Waals surface area contributed by atoms with Crippen molar-refractivity contribution in [1.29, 1.82) is 0 Å². The fourth-order valence-corrected chi connectivity index (χ4v) is 0.633. The van der Waals surface area contributed by atoms with E-state index in [4.69, 9.17) is 0 Å². The minimum atomic E-state index is 0.155. The van der Waals surface area contributed by atoms with E-state index in [1.54, 1.807) is 6.08 Å². The van der Waals surface area contributed by atoms with Crippen molar-refractivity contribution in [2.24, 2.45) is 0 Å². The molecule has 2 heteroatoms. The van der Waals surface area contributed by atoms with Crippen LogP contribution in [0.3, 0.4) is 0 Å². The van der Waals surface area contributed by atoms with E-state index in [1.165, 1.54) is 0 Å². The monoisotopic (exact) mass is 126 g/mol. The van der Waals surface area contributed by atoms with Crippen LogP contribution in [0.4, 0.5) is 0 Å². The predicted octanol–water partition coefficient (Wildman–Crippen LogP) is 0.493. The first-order valence-electron chi connectivity index (χ1n) is 2.92. The van der Waals surface area contributed by atoms with E-state index >= 15 is 0 Å². The Morgan fingerprint density at radius 2 is 1.89 bits per heavy atom. The molecule has 0 amide bonds. The number of hydrogen-bond acceptors (Lipinski definition) is 2. The second-order valence-corrected chi connectivity index (χ2v) is 1.79. The molecule has 9 heavy (non-hydrogen) atoms. The van der Waals surface area contributed by atoms with E-state index < -0.39 is 0 Å². The van der Waals surface area contributed by atoms with Crippen LogP contribution >= 0.6 is 0 Å². The molecule has 0 aromatic carbocycles. The van der Waals surface area contributed by atoms with Crippen LogP contribution in [-0.2, 0) is 0 Å². The minimum Gasteiger partial charge on any atom is -0.301 e. The smallest absolute Gasteiger partial charge is 0.0824 e. The van der Waals surface area contributed by atoms with E-state index in [9.17, 15) is 0 Å². The molecular formula is C7H14N2. The Morgan fingerprint density at radius 1 is 1.44 bits per heavy atom. The van der Waals surface area contributed by atoms with E-state index in [1.807, 2.05) is 14.1 Å². The zero-order valence-corrected chi connectivity index (χ0v) is 6.07. The van der Waals surface area contributed by atoms with Gasteiger partial charge < -0.3 is 10.6 Å². The van der Waals surface area contributed by atoms with E-state index in [0.29, 0.717) is 0 Å². The molecule has 2 N–H and O–H groups in total. The number of hydrogen-bond donors (Lipinski definition) is 2. The van der Waals surface area contributed by atoms with Crippen LogP contribution in [0.5, 0.6) is 0 Å². The van der Waals surface area contributed by atoms with Gasteiger partial charge in [0.1, 0.15) is 0 Å². The third-order valence-corrected chi connectivity index (χ3v) is 1.21. The van der Waals surface area contributed by atoms with E-state index in [-0.39, 0.29) is 6.17 Å². The van der Waals surface area contributed by atoms with Crippen LogP contribution in [0.1, 0.15) is 0 Å². The van der Waals surface area contributed by atoms with Gasteiger partial charge in [-0.2, -0.15) is 0 Å². The molecule has 2 nitrogen and oxygen atoms in total. The summed E-state index contributed by atoms with van der Waals surface area (Å²) in [7, 11) is 3.74. The third kappa shape index (κ3) is 2.44. The zero-order chi connectivity index (χ0) is 7.28.